The molecule has 0 radical (unpaired) electrons. The van der Waals surface area contributed by atoms with Crippen molar-refractivity contribution in [2.24, 2.45) is 0 Å². The number of hydrogen-bond acceptors (Lipinski definition) is 7. The third kappa shape index (κ3) is 4.66. The van der Waals surface area contributed by atoms with Crippen LogP contribution in [0.25, 0.3) is 10.9 Å². The van der Waals surface area contributed by atoms with E-state index in [0.29, 0.717) is 53.9 Å². The number of rotatable bonds is 8. The molecule has 0 aliphatic carbocycles. The number of anilines is 1. The summed E-state index contributed by atoms with van der Waals surface area (Å²) in [5.74, 6) is -1.51. The molecule has 168 valence electrons. The Morgan fingerprint density at radius 3 is 2.56 bits per heavy atom. The van der Waals surface area contributed by atoms with Gasteiger partial charge in [0.2, 0.25) is 0 Å². The second kappa shape index (κ2) is 9.42. The molecule has 9 nitrogen and oxygen atoms in total. The fourth-order valence-corrected chi connectivity index (χ4v) is 3.57. The fourth-order valence-electron chi connectivity index (χ4n) is 3.57. The minimum absolute atomic E-state index is 0.0379. The number of carbonyl (C=O) groups is 2. The minimum Gasteiger partial charge on any atom is -0.508 e. The number of hydrogen-bond donors (Lipinski definition) is 5. The number of phenols is 2. The van der Waals surface area contributed by atoms with Crippen LogP contribution in [0.4, 0.5) is 5.69 Å². The number of phenolic OH excluding ortho intramolecular Hbond substituents is 2. The number of aromatic carboxylic acids is 1. The number of fused-ring (bicyclic) bond motifs is 1. The lowest BCUT2D eigenvalue weighted by Gasteiger charge is -2.14. The van der Waals surface area contributed by atoms with E-state index >= 15 is 0 Å². The molecule has 0 fully saturated rings. The lowest BCUT2D eigenvalue weighted by atomic mass is 10.1. The number of aromatic hydroxyl groups is 2. The molecule has 0 aliphatic heterocycles. The molecule has 6 N–H and O–H groups in total. The van der Waals surface area contributed by atoms with Crippen LogP contribution in [0.5, 0.6) is 17.2 Å². The van der Waals surface area contributed by atoms with Crippen LogP contribution in [0, 0.1) is 13.8 Å². The molecular formula is C23H25N3O6. The van der Waals surface area contributed by atoms with Crippen LogP contribution in [0.15, 0.2) is 30.3 Å². The fraction of sp³-hybridized carbons (Fsp3) is 0.261. The highest BCUT2D eigenvalue weighted by atomic mass is 16.5. The smallest absolute Gasteiger partial charge is 0.339 e. The Bertz CT molecular complexity index is 1170. The quantitative estimate of drug-likeness (QED) is 0.335. The van der Waals surface area contributed by atoms with E-state index < -0.39 is 11.9 Å². The highest BCUT2D eigenvalue weighted by Gasteiger charge is 2.19. The molecule has 3 rings (SSSR count). The molecule has 0 saturated carbocycles. The monoisotopic (exact) mass is 439 g/mol. The topological polar surface area (TPSA) is 155 Å². The number of pyridine rings is 1. The van der Waals surface area contributed by atoms with Crippen LogP contribution >= 0.6 is 0 Å². The first kappa shape index (κ1) is 22.7. The third-order valence-corrected chi connectivity index (χ3v) is 5.05. The number of nitrogens with two attached hydrogens (primary N) is 1. The normalized spacial score (nSPS) is 10.8. The number of amides is 1. The zero-order chi connectivity index (χ0) is 23.4. The lowest BCUT2D eigenvalue weighted by molar-refractivity contribution is 0.0696. The molecule has 32 heavy (non-hydrogen) atoms. The van der Waals surface area contributed by atoms with Crippen molar-refractivity contribution in [3.63, 3.8) is 0 Å². The van der Waals surface area contributed by atoms with E-state index in [4.69, 9.17) is 10.5 Å². The van der Waals surface area contributed by atoms with Crippen molar-refractivity contribution in [3.8, 4) is 17.2 Å². The second-order valence-corrected chi connectivity index (χ2v) is 7.41. The Kier molecular flexibility index (Phi) is 6.67. The average molecular weight is 439 g/mol. The Hall–Kier alpha value is -4.01. The van der Waals surface area contributed by atoms with E-state index in [1.807, 2.05) is 0 Å². The van der Waals surface area contributed by atoms with Gasteiger partial charge in [-0.25, -0.2) is 4.79 Å². The maximum atomic E-state index is 12.3. The molecule has 1 heterocycles. The first-order valence-electron chi connectivity index (χ1n) is 10.1. The number of nitrogen functional groups attached to an aromatic ring is 1. The number of carboxylic acids is 1. The van der Waals surface area contributed by atoms with Crippen LogP contribution in [0.1, 0.15) is 44.8 Å². The van der Waals surface area contributed by atoms with Gasteiger partial charge in [-0.3, -0.25) is 9.78 Å². The Morgan fingerprint density at radius 1 is 1.12 bits per heavy atom. The molecule has 0 aliphatic rings. The van der Waals surface area contributed by atoms with Gasteiger partial charge in [-0.05, 0) is 50.5 Å². The van der Waals surface area contributed by atoms with Crippen molar-refractivity contribution in [1.82, 2.24) is 10.3 Å². The van der Waals surface area contributed by atoms with Crippen molar-refractivity contribution in [3.05, 3.63) is 52.7 Å². The number of aromatic nitrogens is 1. The summed E-state index contributed by atoms with van der Waals surface area (Å²) in [4.78, 5) is 28.1. The first-order valence-corrected chi connectivity index (χ1v) is 10.1. The Morgan fingerprint density at radius 2 is 1.88 bits per heavy atom. The maximum Gasteiger partial charge on any atom is 0.339 e. The van der Waals surface area contributed by atoms with Crippen LogP contribution in [-0.2, 0) is 0 Å². The highest BCUT2D eigenvalue weighted by Crippen LogP contribution is 2.33. The van der Waals surface area contributed by atoms with E-state index in [1.54, 1.807) is 32.0 Å². The Labute approximate surface area is 184 Å². The summed E-state index contributed by atoms with van der Waals surface area (Å²) >= 11 is 0. The van der Waals surface area contributed by atoms with Crippen LogP contribution in [0.3, 0.4) is 0 Å². The van der Waals surface area contributed by atoms with Gasteiger partial charge in [0.25, 0.3) is 5.91 Å². The molecule has 0 saturated heterocycles. The van der Waals surface area contributed by atoms with Gasteiger partial charge in [-0.1, -0.05) is 6.07 Å². The molecule has 1 amide bonds. The summed E-state index contributed by atoms with van der Waals surface area (Å²) in [6.07, 6.45) is 1.23. The van der Waals surface area contributed by atoms with Gasteiger partial charge < -0.3 is 31.1 Å². The predicted molar refractivity (Wildman–Crippen MR) is 119 cm³/mol. The lowest BCUT2D eigenvalue weighted by Crippen LogP contribution is -2.25. The largest absolute Gasteiger partial charge is 0.508 e. The van der Waals surface area contributed by atoms with Crippen molar-refractivity contribution in [2.45, 2.75) is 26.7 Å². The van der Waals surface area contributed by atoms with Crippen molar-refractivity contribution < 1.29 is 29.6 Å². The molecular weight excluding hydrogens is 414 g/mol. The number of nitrogens with one attached hydrogen (secondary N) is 1. The van der Waals surface area contributed by atoms with Gasteiger partial charge in [-0.15, -0.1) is 0 Å². The summed E-state index contributed by atoms with van der Waals surface area (Å²) in [7, 11) is 0. The molecule has 2 aromatic carbocycles. The third-order valence-electron chi connectivity index (χ3n) is 5.05. The number of unbranched alkanes of at least 4 members (excludes halogenated alkanes) is 1. The van der Waals surface area contributed by atoms with Gasteiger partial charge >= 0.3 is 5.97 Å². The SMILES string of the molecule is Cc1cc(O)cc(O)c1C(=O)NCCCCOc1cccc2nc(C)c(C(=O)O)c(N)c12. The zero-order valence-electron chi connectivity index (χ0n) is 17.8. The molecule has 9 heteroatoms. The number of nitrogens with zero attached hydrogens (tertiary/aromatic N) is 1. The van der Waals surface area contributed by atoms with Gasteiger partial charge in [-0.2, -0.15) is 0 Å². The van der Waals surface area contributed by atoms with Crippen molar-refractivity contribution in [1.29, 1.82) is 0 Å². The number of carboxylic acid groups (broad SMARTS) is 1. The van der Waals surface area contributed by atoms with E-state index in [2.05, 4.69) is 10.3 Å². The number of carbonyl (C=O) groups excluding carboxylic acids is 1. The molecule has 0 spiro atoms. The average Bonchev–Trinajstić information content (AvgIpc) is 2.69. The molecule has 0 unspecified atom stereocenters. The van der Waals surface area contributed by atoms with Crippen molar-refractivity contribution >= 4 is 28.5 Å². The summed E-state index contributed by atoms with van der Waals surface area (Å²) < 4.78 is 5.82. The first-order chi connectivity index (χ1) is 15.2. The summed E-state index contributed by atoms with van der Waals surface area (Å²) in [5.41, 5.74) is 7.68. The van der Waals surface area contributed by atoms with Gasteiger partial charge in [0.15, 0.2) is 0 Å². The summed E-state index contributed by atoms with van der Waals surface area (Å²) in [6, 6.07) is 7.74. The molecule has 1 aromatic heterocycles. The van der Waals surface area contributed by atoms with E-state index in [1.165, 1.54) is 6.07 Å². The standard InChI is InChI=1S/C23H25N3O6/c1-12-10-14(27)11-16(28)18(12)22(29)25-8-3-4-9-32-17-7-5-6-15-20(17)21(24)19(23(30)31)13(2)26-15/h5-7,10-11,27-28H,3-4,8-9H2,1-2H3,(H2,24,26)(H,25,29)(H,30,31). The van der Waals surface area contributed by atoms with Gasteiger partial charge in [0, 0.05) is 12.6 Å². The zero-order valence-corrected chi connectivity index (χ0v) is 17.8. The van der Waals surface area contributed by atoms with E-state index in [-0.39, 0.29) is 28.3 Å². The molecule has 3 aromatic rings. The van der Waals surface area contributed by atoms with Crippen LogP contribution < -0.4 is 15.8 Å². The highest BCUT2D eigenvalue weighted by molar-refractivity contribution is 6.06. The maximum absolute atomic E-state index is 12.3. The molecule has 0 bridgehead atoms. The second-order valence-electron chi connectivity index (χ2n) is 7.41. The summed E-state index contributed by atoms with van der Waals surface area (Å²) in [5, 5.41) is 32.0. The minimum atomic E-state index is -1.14. The van der Waals surface area contributed by atoms with Crippen LogP contribution in [0.2, 0.25) is 0 Å². The van der Waals surface area contributed by atoms with E-state index in [0.717, 1.165) is 6.07 Å². The summed E-state index contributed by atoms with van der Waals surface area (Å²) in [6.45, 7) is 3.92. The van der Waals surface area contributed by atoms with Gasteiger partial charge in [0.05, 0.1) is 34.5 Å². The molecule has 0 atom stereocenters. The number of benzene rings is 2. The number of aryl methyl sites for hydroxylation is 2. The number of ether oxygens (including phenoxy) is 1. The van der Waals surface area contributed by atoms with Gasteiger partial charge in [0.1, 0.15) is 22.8 Å². The Balaban J connectivity index is 1.58. The van der Waals surface area contributed by atoms with Crippen molar-refractivity contribution in [2.75, 3.05) is 18.9 Å². The predicted octanol–water partition coefficient (Wildman–Crippen LogP) is 3.13. The van der Waals surface area contributed by atoms with E-state index in [9.17, 15) is 24.9 Å². The van der Waals surface area contributed by atoms with Crippen LogP contribution in [-0.4, -0.2) is 45.3 Å².